The number of nitrogens with zero attached hydrogens (tertiary/aromatic N) is 1. The summed E-state index contributed by atoms with van der Waals surface area (Å²) in [6.07, 6.45) is 2.57. The van der Waals surface area contributed by atoms with Gasteiger partial charge in [-0.15, -0.1) is 0 Å². The number of hydrogen-bond donors (Lipinski definition) is 1. The van der Waals surface area contributed by atoms with Crippen molar-refractivity contribution in [2.24, 2.45) is 11.8 Å². The molecule has 2 aliphatic rings. The molecule has 2 saturated heterocycles. The fourth-order valence-corrected chi connectivity index (χ4v) is 3.06. The molecule has 3 atom stereocenters. The molecular formula is C13H26N2O. The van der Waals surface area contributed by atoms with Crippen LogP contribution in [0.2, 0.25) is 0 Å². The highest BCUT2D eigenvalue weighted by molar-refractivity contribution is 4.83. The van der Waals surface area contributed by atoms with Crippen molar-refractivity contribution in [2.45, 2.75) is 32.7 Å². The van der Waals surface area contributed by atoms with Crippen LogP contribution >= 0.6 is 0 Å². The summed E-state index contributed by atoms with van der Waals surface area (Å²) in [6.45, 7) is 11.4. The van der Waals surface area contributed by atoms with E-state index in [1.165, 1.54) is 32.5 Å². The van der Waals surface area contributed by atoms with Crippen molar-refractivity contribution in [1.29, 1.82) is 0 Å². The molecule has 3 heteroatoms. The van der Waals surface area contributed by atoms with Gasteiger partial charge in [0.2, 0.25) is 0 Å². The highest BCUT2D eigenvalue weighted by atomic mass is 16.5. The molecule has 3 nitrogen and oxygen atoms in total. The Bertz CT molecular complexity index is 204. The van der Waals surface area contributed by atoms with Gasteiger partial charge in [0.15, 0.2) is 0 Å². The van der Waals surface area contributed by atoms with Crippen molar-refractivity contribution in [3.8, 4) is 0 Å². The van der Waals surface area contributed by atoms with Gasteiger partial charge in [-0.05, 0) is 37.8 Å². The maximum Gasteiger partial charge on any atom is 0.0507 e. The minimum absolute atomic E-state index is 0.737. The Hall–Kier alpha value is -0.120. The van der Waals surface area contributed by atoms with Gasteiger partial charge in [-0.2, -0.15) is 0 Å². The summed E-state index contributed by atoms with van der Waals surface area (Å²) < 4.78 is 5.45. The highest BCUT2D eigenvalue weighted by Gasteiger charge is 2.27. The normalized spacial score (nSPS) is 36.8. The lowest BCUT2D eigenvalue weighted by atomic mass is 9.93. The number of rotatable bonds is 4. The molecule has 0 saturated carbocycles. The summed E-state index contributed by atoms with van der Waals surface area (Å²) >= 11 is 0. The summed E-state index contributed by atoms with van der Waals surface area (Å²) in [5, 5.41) is 3.60. The standard InChI is InChI=1S/C13H26N2O/c1-3-14-13-4-6-15(8-11(13)2)9-12-5-7-16-10-12/h11-14H,3-10H2,1-2H3. The Kier molecular flexibility index (Phi) is 4.62. The van der Waals surface area contributed by atoms with Crippen molar-refractivity contribution in [2.75, 3.05) is 39.4 Å². The van der Waals surface area contributed by atoms with Gasteiger partial charge in [0.05, 0.1) is 6.61 Å². The first-order valence-electron chi connectivity index (χ1n) is 6.83. The van der Waals surface area contributed by atoms with Crippen LogP contribution in [0.15, 0.2) is 0 Å². The number of hydrogen-bond acceptors (Lipinski definition) is 3. The zero-order chi connectivity index (χ0) is 11.4. The van der Waals surface area contributed by atoms with E-state index in [-0.39, 0.29) is 0 Å². The summed E-state index contributed by atoms with van der Waals surface area (Å²) in [6, 6.07) is 0.737. The van der Waals surface area contributed by atoms with Crippen LogP contribution in [0.4, 0.5) is 0 Å². The molecule has 1 N–H and O–H groups in total. The van der Waals surface area contributed by atoms with Crippen molar-refractivity contribution < 1.29 is 4.74 Å². The quantitative estimate of drug-likeness (QED) is 0.783. The van der Waals surface area contributed by atoms with Gasteiger partial charge in [0.1, 0.15) is 0 Å². The average molecular weight is 226 g/mol. The molecule has 2 rings (SSSR count). The number of ether oxygens (including phenoxy) is 1. The third kappa shape index (κ3) is 3.19. The van der Waals surface area contributed by atoms with E-state index in [1.807, 2.05) is 0 Å². The third-order valence-corrected chi connectivity index (χ3v) is 4.00. The molecule has 0 amide bonds. The van der Waals surface area contributed by atoms with Crippen LogP contribution in [-0.4, -0.2) is 50.3 Å². The van der Waals surface area contributed by atoms with E-state index in [0.29, 0.717) is 0 Å². The number of nitrogens with one attached hydrogen (secondary N) is 1. The van der Waals surface area contributed by atoms with Gasteiger partial charge < -0.3 is 15.0 Å². The van der Waals surface area contributed by atoms with Crippen LogP contribution in [0, 0.1) is 11.8 Å². The lowest BCUT2D eigenvalue weighted by Crippen LogP contribution is -2.49. The molecule has 0 bridgehead atoms. The lowest BCUT2D eigenvalue weighted by Gasteiger charge is -2.38. The third-order valence-electron chi connectivity index (χ3n) is 4.00. The first kappa shape index (κ1) is 12.3. The highest BCUT2D eigenvalue weighted by Crippen LogP contribution is 2.20. The van der Waals surface area contributed by atoms with Gasteiger partial charge in [0, 0.05) is 25.7 Å². The van der Waals surface area contributed by atoms with Crippen LogP contribution in [0.1, 0.15) is 26.7 Å². The number of likely N-dealkylation sites (tertiary alicyclic amines) is 1. The molecule has 0 spiro atoms. The molecular weight excluding hydrogens is 200 g/mol. The minimum atomic E-state index is 0.737. The first-order valence-corrected chi connectivity index (χ1v) is 6.83. The van der Waals surface area contributed by atoms with Crippen molar-refractivity contribution >= 4 is 0 Å². The molecule has 0 aromatic carbocycles. The maximum atomic E-state index is 5.45. The van der Waals surface area contributed by atoms with E-state index >= 15 is 0 Å². The lowest BCUT2D eigenvalue weighted by molar-refractivity contribution is 0.119. The number of piperidine rings is 1. The van der Waals surface area contributed by atoms with Crippen LogP contribution in [0.3, 0.4) is 0 Å². The molecule has 0 aromatic rings. The van der Waals surface area contributed by atoms with Gasteiger partial charge in [-0.3, -0.25) is 0 Å². The summed E-state index contributed by atoms with van der Waals surface area (Å²) in [5.41, 5.74) is 0. The van der Waals surface area contributed by atoms with Crippen molar-refractivity contribution in [3.63, 3.8) is 0 Å². The Morgan fingerprint density at radius 1 is 1.38 bits per heavy atom. The van der Waals surface area contributed by atoms with E-state index < -0.39 is 0 Å². The fourth-order valence-electron chi connectivity index (χ4n) is 3.06. The van der Waals surface area contributed by atoms with E-state index in [1.54, 1.807) is 0 Å². The summed E-state index contributed by atoms with van der Waals surface area (Å²) in [4.78, 5) is 2.64. The molecule has 94 valence electrons. The Labute approximate surface area is 99.5 Å². The minimum Gasteiger partial charge on any atom is -0.381 e. The second-order valence-corrected chi connectivity index (χ2v) is 5.42. The van der Waals surface area contributed by atoms with E-state index in [4.69, 9.17) is 4.74 Å². The fraction of sp³-hybridized carbons (Fsp3) is 1.00. The van der Waals surface area contributed by atoms with Gasteiger partial charge in [-0.1, -0.05) is 13.8 Å². The van der Waals surface area contributed by atoms with Crippen LogP contribution < -0.4 is 5.32 Å². The SMILES string of the molecule is CCNC1CCN(CC2CCOC2)CC1C. The molecule has 0 radical (unpaired) electrons. The topological polar surface area (TPSA) is 24.5 Å². The van der Waals surface area contributed by atoms with Crippen LogP contribution in [0.25, 0.3) is 0 Å². The molecule has 0 aromatic heterocycles. The second-order valence-electron chi connectivity index (χ2n) is 5.42. The monoisotopic (exact) mass is 226 g/mol. The van der Waals surface area contributed by atoms with E-state index in [0.717, 1.165) is 37.6 Å². The van der Waals surface area contributed by atoms with Gasteiger partial charge >= 0.3 is 0 Å². The largest absolute Gasteiger partial charge is 0.381 e. The smallest absolute Gasteiger partial charge is 0.0507 e. The van der Waals surface area contributed by atoms with Gasteiger partial charge in [-0.25, -0.2) is 0 Å². The second kappa shape index (κ2) is 5.99. The average Bonchev–Trinajstić information content (AvgIpc) is 2.75. The molecule has 16 heavy (non-hydrogen) atoms. The predicted octanol–water partition coefficient (Wildman–Crippen LogP) is 1.34. The summed E-state index contributed by atoms with van der Waals surface area (Å²) in [7, 11) is 0. The van der Waals surface area contributed by atoms with Crippen LogP contribution in [0.5, 0.6) is 0 Å². The maximum absolute atomic E-state index is 5.45. The zero-order valence-corrected chi connectivity index (χ0v) is 10.7. The van der Waals surface area contributed by atoms with Crippen molar-refractivity contribution in [3.05, 3.63) is 0 Å². The van der Waals surface area contributed by atoms with E-state index in [2.05, 4.69) is 24.1 Å². The Morgan fingerprint density at radius 2 is 2.25 bits per heavy atom. The Morgan fingerprint density at radius 3 is 2.88 bits per heavy atom. The Balaban J connectivity index is 1.73. The van der Waals surface area contributed by atoms with E-state index in [9.17, 15) is 0 Å². The van der Waals surface area contributed by atoms with Crippen molar-refractivity contribution in [1.82, 2.24) is 10.2 Å². The molecule has 2 fully saturated rings. The predicted molar refractivity (Wildman–Crippen MR) is 66.6 cm³/mol. The molecule has 2 aliphatic heterocycles. The summed E-state index contributed by atoms with van der Waals surface area (Å²) in [5.74, 6) is 1.58. The van der Waals surface area contributed by atoms with Gasteiger partial charge in [0.25, 0.3) is 0 Å². The first-order chi connectivity index (χ1) is 7.79. The van der Waals surface area contributed by atoms with Crippen LogP contribution in [-0.2, 0) is 4.74 Å². The molecule has 2 heterocycles. The molecule has 3 unspecified atom stereocenters. The molecule has 0 aliphatic carbocycles. The zero-order valence-electron chi connectivity index (χ0n) is 10.7.